The van der Waals surface area contributed by atoms with Crippen molar-refractivity contribution < 1.29 is 4.74 Å². The maximum absolute atomic E-state index is 5.30. The lowest BCUT2D eigenvalue weighted by Gasteiger charge is -1.97. The van der Waals surface area contributed by atoms with E-state index in [-0.39, 0.29) is 0 Å². The Bertz CT molecular complexity index is 112. The zero-order valence-corrected chi connectivity index (χ0v) is 5.47. The van der Waals surface area contributed by atoms with Gasteiger partial charge in [-0.2, -0.15) is 0 Å². The largest absolute Gasteiger partial charge is 0.479 e. The summed E-state index contributed by atoms with van der Waals surface area (Å²) >= 11 is 0. The molecule has 0 amide bonds. The average Bonchev–Trinajstić information content (AvgIpc) is 2.34. The van der Waals surface area contributed by atoms with Crippen LogP contribution in [0.4, 0.5) is 0 Å². The fraction of sp³-hybridized carbons (Fsp3) is 0.833. The van der Waals surface area contributed by atoms with E-state index in [2.05, 4.69) is 4.99 Å². The van der Waals surface area contributed by atoms with Gasteiger partial charge in [-0.1, -0.05) is 0 Å². The molecule has 0 saturated heterocycles. The van der Waals surface area contributed by atoms with Gasteiger partial charge in [0.2, 0.25) is 0 Å². The molecule has 3 heteroatoms. The van der Waals surface area contributed by atoms with Crippen LogP contribution in [0.5, 0.6) is 0 Å². The fourth-order valence-electron chi connectivity index (χ4n) is 0.784. The molecule has 3 nitrogen and oxygen atoms in total. The number of ether oxygens (including phenoxy) is 1. The molecule has 52 valence electrons. The van der Waals surface area contributed by atoms with Gasteiger partial charge in [0.25, 0.3) is 0 Å². The maximum atomic E-state index is 5.30. The Hall–Kier alpha value is -0.570. The summed E-state index contributed by atoms with van der Waals surface area (Å²) in [5.41, 5.74) is 5.30. The minimum absolute atomic E-state index is 0.725. The van der Waals surface area contributed by atoms with E-state index >= 15 is 0 Å². The topological polar surface area (TPSA) is 47.6 Å². The predicted molar refractivity (Wildman–Crippen MR) is 36.5 cm³/mol. The molecule has 0 atom stereocenters. The van der Waals surface area contributed by atoms with Crippen molar-refractivity contribution in [2.45, 2.75) is 12.8 Å². The van der Waals surface area contributed by atoms with Gasteiger partial charge in [-0.05, 0) is 13.0 Å². The van der Waals surface area contributed by atoms with Crippen molar-refractivity contribution in [3.05, 3.63) is 0 Å². The van der Waals surface area contributed by atoms with Gasteiger partial charge in [-0.25, -0.2) is 0 Å². The van der Waals surface area contributed by atoms with Crippen molar-refractivity contribution in [3.8, 4) is 0 Å². The van der Waals surface area contributed by atoms with E-state index in [4.69, 9.17) is 10.5 Å². The lowest BCUT2D eigenvalue weighted by atomic mass is 10.3. The van der Waals surface area contributed by atoms with Crippen molar-refractivity contribution in [1.82, 2.24) is 0 Å². The number of nitrogens with two attached hydrogens (primary N) is 1. The first kappa shape index (κ1) is 6.55. The first-order valence-electron chi connectivity index (χ1n) is 3.29. The summed E-state index contributed by atoms with van der Waals surface area (Å²) in [5, 5.41) is 0. The zero-order chi connectivity index (χ0) is 6.53. The quantitative estimate of drug-likeness (QED) is 0.588. The molecule has 0 aromatic carbocycles. The zero-order valence-electron chi connectivity index (χ0n) is 5.47. The summed E-state index contributed by atoms with van der Waals surface area (Å²) in [6, 6.07) is 0. The molecule has 1 aliphatic heterocycles. The summed E-state index contributed by atoms with van der Waals surface area (Å²) in [7, 11) is 0. The molecule has 0 aliphatic carbocycles. The van der Waals surface area contributed by atoms with Gasteiger partial charge in [-0.15, -0.1) is 0 Å². The summed E-state index contributed by atoms with van der Waals surface area (Å²) in [6.07, 6.45) is 1.90. The molecule has 0 bridgehead atoms. The number of rotatable bonds is 3. The van der Waals surface area contributed by atoms with Gasteiger partial charge >= 0.3 is 0 Å². The summed E-state index contributed by atoms with van der Waals surface area (Å²) in [6.45, 7) is 2.32. The Labute approximate surface area is 54.9 Å². The summed E-state index contributed by atoms with van der Waals surface area (Å²) < 4.78 is 5.15. The van der Waals surface area contributed by atoms with E-state index in [0.29, 0.717) is 0 Å². The molecular formula is C6H12N2O. The molecule has 9 heavy (non-hydrogen) atoms. The standard InChI is InChI=1S/C6H12N2O/c7-3-1-2-6-8-4-5-9-6/h1-5,7H2. The highest BCUT2D eigenvalue weighted by molar-refractivity contribution is 5.77. The van der Waals surface area contributed by atoms with Gasteiger partial charge in [0.15, 0.2) is 5.90 Å². The molecule has 0 spiro atoms. The van der Waals surface area contributed by atoms with E-state index in [1.54, 1.807) is 0 Å². The third-order valence-corrected chi connectivity index (χ3v) is 1.24. The normalized spacial score (nSPS) is 17.2. The highest BCUT2D eigenvalue weighted by Gasteiger charge is 2.04. The third-order valence-electron chi connectivity index (χ3n) is 1.24. The Kier molecular flexibility index (Phi) is 2.51. The Balaban J connectivity index is 2.11. The molecule has 1 aliphatic rings. The first-order valence-corrected chi connectivity index (χ1v) is 3.29. The second-order valence-corrected chi connectivity index (χ2v) is 2.02. The Morgan fingerprint density at radius 3 is 3.11 bits per heavy atom. The monoisotopic (exact) mass is 128 g/mol. The summed E-state index contributed by atoms with van der Waals surface area (Å²) in [5.74, 6) is 0.889. The van der Waals surface area contributed by atoms with Crippen LogP contribution in [-0.2, 0) is 4.74 Å². The molecule has 0 saturated carbocycles. The first-order chi connectivity index (χ1) is 4.43. The molecule has 2 N–H and O–H groups in total. The lowest BCUT2D eigenvalue weighted by molar-refractivity contribution is 0.337. The van der Waals surface area contributed by atoms with Crippen LogP contribution in [-0.4, -0.2) is 25.6 Å². The van der Waals surface area contributed by atoms with Crippen LogP contribution in [0, 0.1) is 0 Å². The van der Waals surface area contributed by atoms with Crippen LogP contribution in [0.15, 0.2) is 4.99 Å². The lowest BCUT2D eigenvalue weighted by Crippen LogP contribution is -2.04. The summed E-state index contributed by atoms with van der Waals surface area (Å²) in [4.78, 5) is 4.11. The highest BCUT2D eigenvalue weighted by atomic mass is 16.5. The van der Waals surface area contributed by atoms with Gasteiger partial charge in [0.05, 0.1) is 6.54 Å². The predicted octanol–water partition coefficient (Wildman–Crippen LogP) is 0.154. The maximum Gasteiger partial charge on any atom is 0.183 e. The molecule has 0 aromatic heterocycles. The number of nitrogens with zero attached hydrogens (tertiary/aromatic N) is 1. The molecule has 1 heterocycles. The second kappa shape index (κ2) is 3.45. The molecule has 1 rings (SSSR count). The van der Waals surface area contributed by atoms with Crippen molar-refractivity contribution in [3.63, 3.8) is 0 Å². The number of hydrogen-bond acceptors (Lipinski definition) is 3. The molecular weight excluding hydrogens is 116 g/mol. The van der Waals surface area contributed by atoms with Gasteiger partial charge < -0.3 is 10.5 Å². The Morgan fingerprint density at radius 1 is 1.67 bits per heavy atom. The van der Waals surface area contributed by atoms with Crippen molar-refractivity contribution in [1.29, 1.82) is 0 Å². The SMILES string of the molecule is NCCCC1=NCCO1. The fourth-order valence-corrected chi connectivity index (χ4v) is 0.784. The number of hydrogen-bond donors (Lipinski definition) is 1. The number of aliphatic imine (C=N–C) groups is 1. The van der Waals surface area contributed by atoms with Gasteiger partial charge in [-0.3, -0.25) is 4.99 Å². The Morgan fingerprint density at radius 2 is 2.56 bits per heavy atom. The van der Waals surface area contributed by atoms with Crippen LogP contribution < -0.4 is 5.73 Å². The van der Waals surface area contributed by atoms with Gasteiger partial charge in [0.1, 0.15) is 6.61 Å². The highest BCUT2D eigenvalue weighted by Crippen LogP contribution is 1.99. The van der Waals surface area contributed by atoms with Crippen molar-refractivity contribution in [2.24, 2.45) is 10.7 Å². The van der Waals surface area contributed by atoms with E-state index in [9.17, 15) is 0 Å². The van der Waals surface area contributed by atoms with Crippen LogP contribution in [0.1, 0.15) is 12.8 Å². The second-order valence-electron chi connectivity index (χ2n) is 2.02. The minimum Gasteiger partial charge on any atom is -0.479 e. The molecule has 0 fully saturated rings. The van der Waals surface area contributed by atoms with Crippen LogP contribution in [0.2, 0.25) is 0 Å². The smallest absolute Gasteiger partial charge is 0.183 e. The van der Waals surface area contributed by atoms with E-state index in [0.717, 1.165) is 38.4 Å². The van der Waals surface area contributed by atoms with Crippen LogP contribution >= 0.6 is 0 Å². The minimum atomic E-state index is 0.725. The van der Waals surface area contributed by atoms with Crippen molar-refractivity contribution >= 4 is 5.90 Å². The third kappa shape index (κ3) is 2.01. The van der Waals surface area contributed by atoms with Crippen molar-refractivity contribution in [2.75, 3.05) is 19.7 Å². The van der Waals surface area contributed by atoms with E-state index in [1.807, 2.05) is 0 Å². The molecule has 0 unspecified atom stereocenters. The van der Waals surface area contributed by atoms with Crippen LogP contribution in [0.25, 0.3) is 0 Å². The average molecular weight is 128 g/mol. The van der Waals surface area contributed by atoms with Gasteiger partial charge in [0, 0.05) is 6.42 Å². The van der Waals surface area contributed by atoms with E-state index in [1.165, 1.54) is 0 Å². The van der Waals surface area contributed by atoms with E-state index < -0.39 is 0 Å². The van der Waals surface area contributed by atoms with Crippen LogP contribution in [0.3, 0.4) is 0 Å². The molecule has 0 radical (unpaired) electrons. The molecule has 0 aromatic rings.